The molecule has 0 amide bonds. The average Bonchev–Trinajstić information content (AvgIpc) is 3.28. The van der Waals surface area contributed by atoms with Gasteiger partial charge in [-0.25, -0.2) is 0 Å². The molecule has 30 heavy (non-hydrogen) atoms. The van der Waals surface area contributed by atoms with Crippen molar-refractivity contribution in [2.45, 2.75) is 12.0 Å². The zero-order chi connectivity index (χ0) is 20.3. The van der Waals surface area contributed by atoms with E-state index in [2.05, 4.69) is 35.2 Å². The molecule has 0 aliphatic carbocycles. The summed E-state index contributed by atoms with van der Waals surface area (Å²) in [4.78, 5) is 14.2. The normalized spacial score (nSPS) is 20.8. The van der Waals surface area contributed by atoms with Crippen molar-refractivity contribution in [1.29, 1.82) is 0 Å². The van der Waals surface area contributed by atoms with E-state index in [1.807, 2.05) is 18.3 Å². The monoisotopic (exact) mass is 402 g/mol. The van der Waals surface area contributed by atoms with E-state index in [0.717, 1.165) is 41.5 Å². The summed E-state index contributed by atoms with van der Waals surface area (Å²) in [5.74, 6) is 2.42. The summed E-state index contributed by atoms with van der Waals surface area (Å²) in [6.07, 6.45) is 1.91. The van der Waals surface area contributed by atoms with Gasteiger partial charge in [0.2, 0.25) is 5.56 Å². The van der Waals surface area contributed by atoms with Crippen LogP contribution in [0.15, 0.2) is 59.5 Å². The van der Waals surface area contributed by atoms with Gasteiger partial charge < -0.3 is 23.7 Å². The van der Waals surface area contributed by atoms with Crippen LogP contribution in [0.5, 0.6) is 17.2 Å². The van der Waals surface area contributed by atoms with E-state index < -0.39 is 0 Å². The number of pyridine rings is 1. The zero-order valence-electron chi connectivity index (χ0n) is 16.8. The quantitative estimate of drug-likeness (QED) is 0.660. The fourth-order valence-electron chi connectivity index (χ4n) is 4.95. The zero-order valence-corrected chi connectivity index (χ0v) is 16.8. The molecule has 6 nitrogen and oxygen atoms in total. The Kier molecular flexibility index (Phi) is 3.66. The first-order valence-corrected chi connectivity index (χ1v) is 10.2. The molecule has 6 rings (SSSR count). The topological polar surface area (TPSA) is 52.9 Å². The van der Waals surface area contributed by atoms with Crippen LogP contribution in [0, 0.1) is 0 Å². The number of hydrogen-bond donors (Lipinski definition) is 0. The highest BCUT2D eigenvalue weighted by atomic mass is 16.6. The van der Waals surface area contributed by atoms with Gasteiger partial charge >= 0.3 is 0 Å². The Hall–Kier alpha value is -3.41. The van der Waals surface area contributed by atoms with Crippen LogP contribution in [0.4, 0.5) is 5.69 Å². The maximum atomic E-state index is 11.8. The SMILES string of the molecule is Cn1cc(CN2CC3(COc4cc5c(cc43)OCCO5)c3ccccc32)ccc1=O. The number of nitrogens with zero attached hydrogens (tertiary/aromatic N) is 2. The molecule has 0 fully saturated rings. The smallest absolute Gasteiger partial charge is 0.250 e. The number of aryl methyl sites for hydroxylation is 1. The molecule has 0 bridgehead atoms. The molecule has 152 valence electrons. The van der Waals surface area contributed by atoms with E-state index in [1.165, 1.54) is 11.3 Å². The second kappa shape index (κ2) is 6.29. The molecule has 3 aliphatic heterocycles. The summed E-state index contributed by atoms with van der Waals surface area (Å²) in [7, 11) is 1.79. The van der Waals surface area contributed by atoms with Crippen molar-refractivity contribution in [3.05, 3.63) is 81.8 Å². The number of para-hydroxylation sites is 1. The predicted molar refractivity (Wildman–Crippen MR) is 113 cm³/mol. The lowest BCUT2D eigenvalue weighted by molar-refractivity contribution is 0.171. The Bertz CT molecular complexity index is 1220. The van der Waals surface area contributed by atoms with E-state index in [0.29, 0.717) is 19.8 Å². The number of ether oxygens (including phenoxy) is 3. The molecular formula is C24H22N2O4. The van der Waals surface area contributed by atoms with Crippen molar-refractivity contribution in [2.24, 2.45) is 7.05 Å². The lowest BCUT2D eigenvalue weighted by Gasteiger charge is -2.26. The maximum absolute atomic E-state index is 11.8. The second-order valence-electron chi connectivity index (χ2n) is 8.22. The van der Waals surface area contributed by atoms with Crippen molar-refractivity contribution in [1.82, 2.24) is 4.57 Å². The summed E-state index contributed by atoms with van der Waals surface area (Å²) in [5.41, 5.74) is 4.49. The Morgan fingerprint density at radius 3 is 2.57 bits per heavy atom. The van der Waals surface area contributed by atoms with Crippen molar-refractivity contribution in [2.75, 3.05) is 31.3 Å². The van der Waals surface area contributed by atoms with E-state index in [4.69, 9.17) is 14.2 Å². The summed E-state index contributed by atoms with van der Waals surface area (Å²) < 4.78 is 19.4. The highest BCUT2D eigenvalue weighted by Gasteiger charge is 2.50. The van der Waals surface area contributed by atoms with Crippen molar-refractivity contribution < 1.29 is 14.2 Å². The number of benzene rings is 2. The Labute approximate surface area is 174 Å². The standard InChI is InChI=1S/C24H22N2O4/c1-25-12-16(6-7-23(25)27)13-26-14-24(17-4-2-3-5-19(17)26)15-30-20-11-22-21(10-18(20)24)28-8-9-29-22/h2-7,10-12H,8-9,13-15H2,1H3. The van der Waals surface area contributed by atoms with Crippen molar-refractivity contribution >= 4 is 5.69 Å². The first kappa shape index (κ1) is 17.4. The van der Waals surface area contributed by atoms with Crippen molar-refractivity contribution in [3.8, 4) is 17.2 Å². The Balaban J connectivity index is 1.43. The highest BCUT2D eigenvalue weighted by Crippen LogP contribution is 2.54. The minimum Gasteiger partial charge on any atom is -0.492 e. The van der Waals surface area contributed by atoms with Gasteiger partial charge in [0.25, 0.3) is 0 Å². The third-order valence-corrected chi connectivity index (χ3v) is 6.38. The number of anilines is 1. The fraction of sp³-hybridized carbons (Fsp3) is 0.292. The summed E-state index contributed by atoms with van der Waals surface area (Å²) in [6.45, 7) is 3.25. The molecule has 4 heterocycles. The largest absolute Gasteiger partial charge is 0.492 e. The lowest BCUT2D eigenvalue weighted by Crippen LogP contribution is -2.36. The van der Waals surface area contributed by atoms with Crippen LogP contribution in [0.25, 0.3) is 0 Å². The number of aromatic nitrogens is 1. The van der Waals surface area contributed by atoms with Gasteiger partial charge in [-0.2, -0.15) is 0 Å². The molecule has 2 aromatic carbocycles. The van der Waals surface area contributed by atoms with Crippen LogP contribution < -0.4 is 24.7 Å². The number of hydrogen-bond acceptors (Lipinski definition) is 5. The van der Waals surface area contributed by atoms with E-state index in [-0.39, 0.29) is 11.0 Å². The molecule has 3 aromatic rings. The molecular weight excluding hydrogens is 380 g/mol. The van der Waals surface area contributed by atoms with Crippen molar-refractivity contribution in [3.63, 3.8) is 0 Å². The summed E-state index contributed by atoms with van der Waals surface area (Å²) in [6, 6.07) is 16.1. The highest BCUT2D eigenvalue weighted by molar-refractivity contribution is 5.70. The first-order valence-electron chi connectivity index (χ1n) is 10.2. The Morgan fingerprint density at radius 1 is 0.933 bits per heavy atom. The molecule has 3 aliphatic rings. The molecule has 1 atom stereocenters. The van der Waals surface area contributed by atoms with E-state index >= 15 is 0 Å². The minimum absolute atomic E-state index is 0.00200. The van der Waals surface area contributed by atoms with Gasteiger partial charge in [-0.15, -0.1) is 0 Å². The third kappa shape index (κ3) is 2.46. The van der Waals surface area contributed by atoms with Crippen LogP contribution >= 0.6 is 0 Å². The lowest BCUT2D eigenvalue weighted by atomic mass is 9.77. The molecule has 1 aromatic heterocycles. The third-order valence-electron chi connectivity index (χ3n) is 6.38. The van der Waals surface area contributed by atoms with Gasteiger partial charge in [-0.1, -0.05) is 24.3 Å². The first-order chi connectivity index (χ1) is 14.6. The van der Waals surface area contributed by atoms with Crippen LogP contribution in [-0.4, -0.2) is 30.9 Å². The van der Waals surface area contributed by atoms with Gasteiger partial charge in [0.05, 0.1) is 5.41 Å². The summed E-state index contributed by atoms with van der Waals surface area (Å²) in [5, 5.41) is 0. The average molecular weight is 402 g/mol. The van der Waals surface area contributed by atoms with Crippen LogP contribution in [-0.2, 0) is 19.0 Å². The van der Waals surface area contributed by atoms with Gasteiger partial charge in [-0.3, -0.25) is 4.79 Å². The van der Waals surface area contributed by atoms with Gasteiger partial charge in [0.15, 0.2) is 11.5 Å². The van der Waals surface area contributed by atoms with Crippen LogP contribution in [0.2, 0.25) is 0 Å². The van der Waals surface area contributed by atoms with E-state index in [1.54, 1.807) is 17.7 Å². The Morgan fingerprint density at radius 2 is 1.73 bits per heavy atom. The van der Waals surface area contributed by atoms with E-state index in [9.17, 15) is 4.79 Å². The molecule has 0 radical (unpaired) electrons. The van der Waals surface area contributed by atoms with Crippen LogP contribution in [0.3, 0.4) is 0 Å². The molecule has 1 spiro atoms. The molecule has 6 heteroatoms. The molecule has 0 N–H and O–H groups in total. The van der Waals surface area contributed by atoms with Gasteiger partial charge in [0.1, 0.15) is 25.6 Å². The molecule has 0 saturated carbocycles. The predicted octanol–water partition coefficient (Wildman–Crippen LogP) is 2.86. The van der Waals surface area contributed by atoms with Gasteiger partial charge in [0, 0.05) is 49.7 Å². The van der Waals surface area contributed by atoms with Crippen LogP contribution in [0.1, 0.15) is 16.7 Å². The maximum Gasteiger partial charge on any atom is 0.250 e. The number of rotatable bonds is 2. The molecule has 1 unspecified atom stereocenters. The number of fused-ring (bicyclic) bond motifs is 5. The summed E-state index contributed by atoms with van der Waals surface area (Å²) >= 11 is 0. The fourth-order valence-corrected chi connectivity index (χ4v) is 4.95. The molecule has 0 saturated heterocycles. The minimum atomic E-state index is -0.248. The van der Waals surface area contributed by atoms with Gasteiger partial charge in [-0.05, 0) is 23.3 Å². The second-order valence-corrected chi connectivity index (χ2v) is 8.22.